The molecule has 0 aromatic heterocycles. The van der Waals surface area contributed by atoms with E-state index in [0.717, 1.165) is 6.42 Å². The number of carbonyl (C=O) groups excluding carboxylic acids is 1. The van der Waals surface area contributed by atoms with Crippen LogP contribution in [0.4, 0.5) is 4.79 Å². The van der Waals surface area contributed by atoms with Gasteiger partial charge in [0.15, 0.2) is 0 Å². The molecule has 0 radical (unpaired) electrons. The Kier molecular flexibility index (Phi) is 4.61. The maximum Gasteiger partial charge on any atom is 0.410 e. The van der Waals surface area contributed by atoms with Crippen molar-refractivity contribution in [1.82, 2.24) is 4.90 Å². The van der Waals surface area contributed by atoms with Gasteiger partial charge < -0.3 is 20.1 Å². The zero-order valence-corrected chi connectivity index (χ0v) is 12.2. The summed E-state index contributed by atoms with van der Waals surface area (Å²) in [6.07, 6.45) is 0.592. The number of nitrogens with zero attached hydrogens (tertiary/aromatic N) is 1. The molecule has 0 aromatic rings. The fourth-order valence-corrected chi connectivity index (χ4v) is 2.17. The number of ether oxygens (including phenoxy) is 2. The minimum atomic E-state index is -0.469. The first kappa shape index (κ1) is 15.2. The zero-order valence-electron chi connectivity index (χ0n) is 12.2. The molecule has 5 nitrogen and oxygen atoms in total. The van der Waals surface area contributed by atoms with Gasteiger partial charge >= 0.3 is 6.09 Å². The summed E-state index contributed by atoms with van der Waals surface area (Å²) in [5.74, 6) is 0. The molecule has 0 aliphatic carbocycles. The van der Waals surface area contributed by atoms with E-state index >= 15 is 0 Å². The van der Waals surface area contributed by atoms with Crippen LogP contribution in [0.5, 0.6) is 0 Å². The molecule has 0 saturated carbocycles. The number of rotatable bonds is 3. The molecule has 2 N–H and O–H groups in total. The summed E-state index contributed by atoms with van der Waals surface area (Å²) in [7, 11) is 0. The van der Waals surface area contributed by atoms with Gasteiger partial charge in [0.25, 0.3) is 0 Å². The lowest BCUT2D eigenvalue weighted by atomic mass is 10.0. The number of hydrogen-bond donors (Lipinski definition) is 1. The Morgan fingerprint density at radius 3 is 2.56 bits per heavy atom. The SMILES string of the molecule is CC(C)(C)OC(=O)N1C[C@@H](OCCN)CC1(C)C. The summed E-state index contributed by atoms with van der Waals surface area (Å²) < 4.78 is 11.0. The second kappa shape index (κ2) is 5.45. The van der Waals surface area contributed by atoms with Gasteiger partial charge in [-0.1, -0.05) is 0 Å². The smallest absolute Gasteiger partial charge is 0.410 e. The molecule has 0 aromatic carbocycles. The monoisotopic (exact) mass is 258 g/mol. The number of nitrogens with two attached hydrogens (primary N) is 1. The lowest BCUT2D eigenvalue weighted by Gasteiger charge is -2.33. The largest absolute Gasteiger partial charge is 0.444 e. The molecular formula is C13H26N2O3. The van der Waals surface area contributed by atoms with E-state index in [-0.39, 0.29) is 17.7 Å². The molecule has 0 unspecified atom stereocenters. The van der Waals surface area contributed by atoms with E-state index in [9.17, 15) is 4.79 Å². The molecule has 1 aliphatic heterocycles. The zero-order chi connectivity index (χ0) is 14.0. The minimum Gasteiger partial charge on any atom is -0.444 e. The lowest BCUT2D eigenvalue weighted by Crippen LogP contribution is -2.45. The quantitative estimate of drug-likeness (QED) is 0.837. The van der Waals surface area contributed by atoms with E-state index in [2.05, 4.69) is 0 Å². The summed E-state index contributed by atoms with van der Waals surface area (Å²) in [4.78, 5) is 13.9. The maximum atomic E-state index is 12.1. The predicted molar refractivity (Wildman–Crippen MR) is 70.4 cm³/mol. The van der Waals surface area contributed by atoms with Crippen LogP contribution in [0.2, 0.25) is 0 Å². The third-order valence-electron chi connectivity index (χ3n) is 2.93. The van der Waals surface area contributed by atoms with Crippen molar-refractivity contribution in [3.05, 3.63) is 0 Å². The van der Waals surface area contributed by atoms with Crippen molar-refractivity contribution in [3.63, 3.8) is 0 Å². The second-order valence-corrected chi connectivity index (χ2v) is 6.39. The van der Waals surface area contributed by atoms with Crippen LogP contribution in [0.1, 0.15) is 41.0 Å². The molecule has 0 spiro atoms. The summed E-state index contributed by atoms with van der Waals surface area (Å²) in [5, 5.41) is 0. The van der Waals surface area contributed by atoms with Crippen molar-refractivity contribution in [1.29, 1.82) is 0 Å². The van der Waals surface area contributed by atoms with E-state index < -0.39 is 5.60 Å². The Balaban J connectivity index is 2.62. The van der Waals surface area contributed by atoms with Crippen LogP contribution in [0.15, 0.2) is 0 Å². The maximum absolute atomic E-state index is 12.1. The van der Waals surface area contributed by atoms with Crippen LogP contribution in [0.25, 0.3) is 0 Å². The fraction of sp³-hybridized carbons (Fsp3) is 0.923. The Morgan fingerprint density at radius 1 is 1.44 bits per heavy atom. The van der Waals surface area contributed by atoms with Gasteiger partial charge in [0, 0.05) is 12.1 Å². The molecule has 18 heavy (non-hydrogen) atoms. The van der Waals surface area contributed by atoms with Crippen molar-refractivity contribution in [2.45, 2.75) is 58.3 Å². The van der Waals surface area contributed by atoms with Crippen molar-refractivity contribution in [2.24, 2.45) is 5.73 Å². The van der Waals surface area contributed by atoms with Crippen LogP contribution >= 0.6 is 0 Å². The fourth-order valence-electron chi connectivity index (χ4n) is 2.17. The van der Waals surface area contributed by atoms with E-state index in [0.29, 0.717) is 19.7 Å². The molecular weight excluding hydrogens is 232 g/mol. The Bertz CT molecular complexity index is 297. The average Bonchev–Trinajstić information content (AvgIpc) is 2.48. The van der Waals surface area contributed by atoms with Gasteiger partial charge in [-0.2, -0.15) is 0 Å². The van der Waals surface area contributed by atoms with Gasteiger partial charge in [0.1, 0.15) is 5.60 Å². The molecule has 5 heteroatoms. The molecule has 1 fully saturated rings. The minimum absolute atomic E-state index is 0.0519. The topological polar surface area (TPSA) is 64.8 Å². The number of likely N-dealkylation sites (tertiary alicyclic amines) is 1. The van der Waals surface area contributed by atoms with Crippen molar-refractivity contribution < 1.29 is 14.3 Å². The van der Waals surface area contributed by atoms with E-state index in [1.165, 1.54) is 0 Å². The highest BCUT2D eigenvalue weighted by Gasteiger charge is 2.43. The first-order valence-electron chi connectivity index (χ1n) is 6.48. The third kappa shape index (κ3) is 4.14. The summed E-state index contributed by atoms with van der Waals surface area (Å²) >= 11 is 0. The Hall–Kier alpha value is -0.810. The van der Waals surface area contributed by atoms with Crippen LogP contribution in [-0.4, -0.2) is 47.9 Å². The van der Waals surface area contributed by atoms with Gasteiger partial charge in [0.2, 0.25) is 0 Å². The molecule has 1 atom stereocenters. The van der Waals surface area contributed by atoms with E-state index in [1.807, 2.05) is 34.6 Å². The van der Waals surface area contributed by atoms with Crippen LogP contribution < -0.4 is 5.73 Å². The van der Waals surface area contributed by atoms with Crippen LogP contribution in [-0.2, 0) is 9.47 Å². The second-order valence-electron chi connectivity index (χ2n) is 6.39. The first-order chi connectivity index (χ1) is 8.15. The van der Waals surface area contributed by atoms with Crippen molar-refractivity contribution in [2.75, 3.05) is 19.7 Å². The number of carbonyl (C=O) groups is 1. The normalized spacial score (nSPS) is 23.2. The molecule has 0 bridgehead atoms. The van der Waals surface area contributed by atoms with E-state index in [1.54, 1.807) is 4.90 Å². The van der Waals surface area contributed by atoms with Gasteiger partial charge in [-0.15, -0.1) is 0 Å². The average molecular weight is 258 g/mol. The Labute approximate surface area is 110 Å². The summed E-state index contributed by atoms with van der Waals surface area (Å²) in [5.41, 5.74) is 4.72. The first-order valence-corrected chi connectivity index (χ1v) is 6.48. The summed E-state index contributed by atoms with van der Waals surface area (Å²) in [6, 6.07) is 0. The highest BCUT2D eigenvalue weighted by molar-refractivity contribution is 5.69. The van der Waals surface area contributed by atoms with Crippen molar-refractivity contribution in [3.8, 4) is 0 Å². The number of amides is 1. The summed E-state index contributed by atoms with van der Waals surface area (Å²) in [6.45, 7) is 11.3. The highest BCUT2D eigenvalue weighted by Crippen LogP contribution is 2.31. The predicted octanol–water partition coefficient (Wildman–Crippen LogP) is 1.75. The molecule has 1 heterocycles. The van der Waals surface area contributed by atoms with Crippen LogP contribution in [0, 0.1) is 0 Å². The Morgan fingerprint density at radius 2 is 2.06 bits per heavy atom. The molecule has 106 valence electrons. The van der Waals surface area contributed by atoms with Crippen molar-refractivity contribution >= 4 is 6.09 Å². The number of hydrogen-bond acceptors (Lipinski definition) is 4. The molecule has 1 saturated heterocycles. The molecule has 1 amide bonds. The van der Waals surface area contributed by atoms with Gasteiger partial charge in [-0.05, 0) is 41.0 Å². The third-order valence-corrected chi connectivity index (χ3v) is 2.93. The van der Waals surface area contributed by atoms with Gasteiger partial charge in [-0.25, -0.2) is 4.79 Å². The lowest BCUT2D eigenvalue weighted by molar-refractivity contribution is 0.0105. The highest BCUT2D eigenvalue weighted by atomic mass is 16.6. The van der Waals surface area contributed by atoms with E-state index in [4.69, 9.17) is 15.2 Å². The van der Waals surface area contributed by atoms with Gasteiger partial charge in [0.05, 0.1) is 19.3 Å². The van der Waals surface area contributed by atoms with Crippen LogP contribution in [0.3, 0.4) is 0 Å². The van der Waals surface area contributed by atoms with Gasteiger partial charge in [-0.3, -0.25) is 0 Å². The molecule has 1 rings (SSSR count). The molecule has 1 aliphatic rings. The standard InChI is InChI=1S/C13H26N2O3/c1-12(2,3)18-11(16)15-9-10(17-7-6-14)8-13(15,4)5/h10H,6-9,14H2,1-5H3/t10-/m0/s1.